The van der Waals surface area contributed by atoms with Crippen LogP contribution in [0.3, 0.4) is 0 Å². The predicted molar refractivity (Wildman–Crippen MR) is 135 cm³/mol. The summed E-state index contributed by atoms with van der Waals surface area (Å²) in [6, 6.07) is 30.8. The van der Waals surface area contributed by atoms with Crippen LogP contribution in [0.2, 0.25) is 0 Å². The number of anilines is 2. The molecule has 0 radical (unpaired) electrons. The summed E-state index contributed by atoms with van der Waals surface area (Å²) < 4.78 is 12.4. The molecule has 5 nitrogen and oxygen atoms in total. The standard InChI is InChI=1S/C28H18BrNO4/c29-20-9-7-8-19(16-20)17-26-27(31)24-15-14-23(18-25(24)34-26)33-28(32)30(21-10-3-1-4-11-21)22-12-5-2-6-13-22/h1-18H. The predicted octanol–water partition coefficient (Wildman–Crippen LogP) is 7.40. The number of para-hydroxylation sites is 2. The van der Waals surface area contributed by atoms with Crippen molar-refractivity contribution in [3.05, 3.63) is 124 Å². The first kappa shape index (κ1) is 21.7. The van der Waals surface area contributed by atoms with Crippen molar-refractivity contribution in [1.82, 2.24) is 0 Å². The molecule has 0 N–H and O–H groups in total. The van der Waals surface area contributed by atoms with Crippen LogP contribution in [0.25, 0.3) is 6.08 Å². The third kappa shape index (κ3) is 4.49. The van der Waals surface area contributed by atoms with E-state index in [1.807, 2.05) is 84.9 Å². The van der Waals surface area contributed by atoms with Crippen molar-refractivity contribution in [3.8, 4) is 11.5 Å². The van der Waals surface area contributed by atoms with Crippen molar-refractivity contribution in [2.75, 3.05) is 4.90 Å². The molecule has 166 valence electrons. The molecule has 0 bridgehead atoms. The van der Waals surface area contributed by atoms with Gasteiger partial charge >= 0.3 is 6.09 Å². The molecule has 0 atom stereocenters. The molecule has 4 aromatic rings. The second kappa shape index (κ2) is 9.37. The number of ether oxygens (including phenoxy) is 2. The van der Waals surface area contributed by atoms with Crippen LogP contribution >= 0.6 is 15.9 Å². The second-order valence-electron chi connectivity index (χ2n) is 7.53. The minimum Gasteiger partial charge on any atom is -0.452 e. The van der Waals surface area contributed by atoms with Gasteiger partial charge in [-0.05, 0) is 60.2 Å². The normalized spacial score (nSPS) is 13.3. The highest BCUT2D eigenvalue weighted by Crippen LogP contribution is 2.36. The topological polar surface area (TPSA) is 55.8 Å². The van der Waals surface area contributed by atoms with E-state index in [1.54, 1.807) is 24.3 Å². The number of carbonyl (C=O) groups excluding carboxylic acids is 2. The van der Waals surface area contributed by atoms with Gasteiger partial charge in [-0.1, -0.05) is 64.5 Å². The molecule has 0 saturated carbocycles. The maximum Gasteiger partial charge on any atom is 0.424 e. The van der Waals surface area contributed by atoms with Crippen LogP contribution in [-0.4, -0.2) is 11.9 Å². The van der Waals surface area contributed by atoms with E-state index in [9.17, 15) is 9.59 Å². The van der Waals surface area contributed by atoms with E-state index in [4.69, 9.17) is 9.47 Å². The molecule has 0 fully saturated rings. The highest BCUT2D eigenvalue weighted by molar-refractivity contribution is 9.10. The molecule has 1 heterocycles. The summed E-state index contributed by atoms with van der Waals surface area (Å²) in [4.78, 5) is 27.5. The number of hydrogen-bond acceptors (Lipinski definition) is 4. The van der Waals surface area contributed by atoms with Crippen LogP contribution in [0.1, 0.15) is 15.9 Å². The molecule has 1 aliphatic rings. The monoisotopic (exact) mass is 511 g/mol. The van der Waals surface area contributed by atoms with Crippen LogP contribution in [0.5, 0.6) is 11.5 Å². The van der Waals surface area contributed by atoms with E-state index in [-0.39, 0.29) is 17.3 Å². The molecular weight excluding hydrogens is 494 g/mol. The van der Waals surface area contributed by atoms with Gasteiger partial charge in [0.2, 0.25) is 5.78 Å². The molecule has 0 unspecified atom stereocenters. The highest BCUT2D eigenvalue weighted by atomic mass is 79.9. The van der Waals surface area contributed by atoms with Crippen molar-refractivity contribution in [2.24, 2.45) is 0 Å². The molecule has 4 aromatic carbocycles. The SMILES string of the molecule is O=C1C(=Cc2cccc(Br)c2)Oc2cc(OC(=O)N(c3ccccc3)c3ccccc3)ccc21. The first-order valence-electron chi connectivity index (χ1n) is 10.5. The third-order valence-electron chi connectivity index (χ3n) is 5.20. The van der Waals surface area contributed by atoms with Gasteiger partial charge in [0, 0.05) is 10.5 Å². The number of amides is 1. The number of fused-ring (bicyclic) bond motifs is 1. The molecule has 34 heavy (non-hydrogen) atoms. The van der Waals surface area contributed by atoms with Crippen molar-refractivity contribution < 1.29 is 19.1 Å². The maximum atomic E-state index is 13.2. The van der Waals surface area contributed by atoms with Crippen LogP contribution < -0.4 is 14.4 Å². The van der Waals surface area contributed by atoms with Crippen molar-refractivity contribution in [1.29, 1.82) is 0 Å². The summed E-state index contributed by atoms with van der Waals surface area (Å²) in [5.41, 5.74) is 2.60. The largest absolute Gasteiger partial charge is 0.452 e. The number of rotatable bonds is 4. The Bertz CT molecular complexity index is 1360. The number of nitrogens with zero attached hydrogens (tertiary/aromatic N) is 1. The van der Waals surface area contributed by atoms with Gasteiger partial charge in [-0.3, -0.25) is 4.79 Å². The van der Waals surface area contributed by atoms with Crippen LogP contribution in [0, 0.1) is 0 Å². The summed E-state index contributed by atoms with van der Waals surface area (Å²) >= 11 is 3.43. The molecule has 5 rings (SSSR count). The smallest absolute Gasteiger partial charge is 0.424 e. The Hall–Kier alpha value is -4.16. The quantitative estimate of drug-likeness (QED) is 0.268. The lowest BCUT2D eigenvalue weighted by Crippen LogP contribution is -2.29. The molecule has 0 aliphatic carbocycles. The Morgan fingerprint density at radius 3 is 2.15 bits per heavy atom. The Morgan fingerprint density at radius 1 is 0.824 bits per heavy atom. The lowest BCUT2D eigenvalue weighted by molar-refractivity contribution is 0.101. The van der Waals surface area contributed by atoms with Gasteiger partial charge in [0.1, 0.15) is 11.5 Å². The number of benzene rings is 4. The minimum absolute atomic E-state index is 0.215. The zero-order valence-electron chi connectivity index (χ0n) is 17.9. The Balaban J connectivity index is 1.40. The van der Waals surface area contributed by atoms with Crippen LogP contribution in [0.4, 0.5) is 16.2 Å². The fraction of sp³-hybridized carbons (Fsp3) is 0. The summed E-state index contributed by atoms with van der Waals surface area (Å²) in [7, 11) is 0. The number of hydrogen-bond donors (Lipinski definition) is 0. The molecular formula is C28H18BrNO4. The molecule has 1 amide bonds. The zero-order valence-corrected chi connectivity index (χ0v) is 19.4. The average Bonchev–Trinajstić information content (AvgIpc) is 3.15. The first-order chi connectivity index (χ1) is 16.6. The average molecular weight is 512 g/mol. The molecule has 0 saturated heterocycles. The maximum absolute atomic E-state index is 13.2. The summed E-state index contributed by atoms with van der Waals surface area (Å²) in [6.07, 6.45) is 1.11. The van der Waals surface area contributed by atoms with E-state index in [0.29, 0.717) is 22.7 Å². The lowest BCUT2D eigenvalue weighted by atomic mass is 10.1. The van der Waals surface area contributed by atoms with E-state index in [2.05, 4.69) is 15.9 Å². The van der Waals surface area contributed by atoms with Gasteiger partial charge in [-0.25, -0.2) is 9.69 Å². The fourth-order valence-corrected chi connectivity index (χ4v) is 4.06. The Kier molecular flexibility index (Phi) is 5.97. The Labute approximate surface area is 205 Å². The fourth-order valence-electron chi connectivity index (χ4n) is 3.64. The van der Waals surface area contributed by atoms with Crippen molar-refractivity contribution in [3.63, 3.8) is 0 Å². The summed E-state index contributed by atoms with van der Waals surface area (Å²) in [5, 5.41) is 0. The van der Waals surface area contributed by atoms with Gasteiger partial charge < -0.3 is 9.47 Å². The molecule has 1 aliphatic heterocycles. The molecule has 0 spiro atoms. The van der Waals surface area contributed by atoms with E-state index in [0.717, 1.165) is 10.0 Å². The molecule has 6 heteroatoms. The van der Waals surface area contributed by atoms with E-state index >= 15 is 0 Å². The van der Waals surface area contributed by atoms with Gasteiger partial charge in [-0.2, -0.15) is 0 Å². The van der Waals surface area contributed by atoms with Gasteiger partial charge in [0.05, 0.1) is 16.9 Å². The first-order valence-corrected chi connectivity index (χ1v) is 11.3. The highest BCUT2D eigenvalue weighted by Gasteiger charge is 2.28. The van der Waals surface area contributed by atoms with Gasteiger partial charge in [0.15, 0.2) is 5.76 Å². The van der Waals surface area contributed by atoms with Gasteiger partial charge in [0.25, 0.3) is 0 Å². The second-order valence-corrected chi connectivity index (χ2v) is 8.44. The minimum atomic E-state index is -0.577. The van der Waals surface area contributed by atoms with Crippen LogP contribution in [0.15, 0.2) is 113 Å². The number of Topliss-reactive ketones (excluding diaryl/α,β-unsaturated/α-hetero) is 1. The summed E-state index contributed by atoms with van der Waals surface area (Å²) in [6.45, 7) is 0. The zero-order chi connectivity index (χ0) is 23.5. The third-order valence-corrected chi connectivity index (χ3v) is 5.70. The number of ketones is 1. The molecule has 0 aromatic heterocycles. The summed E-state index contributed by atoms with van der Waals surface area (Å²) in [5.74, 6) is 0.620. The lowest BCUT2D eigenvalue weighted by Gasteiger charge is -2.22. The van der Waals surface area contributed by atoms with E-state index < -0.39 is 6.09 Å². The van der Waals surface area contributed by atoms with Crippen LogP contribution in [-0.2, 0) is 0 Å². The van der Waals surface area contributed by atoms with Gasteiger partial charge in [-0.15, -0.1) is 0 Å². The van der Waals surface area contributed by atoms with Crippen molar-refractivity contribution in [2.45, 2.75) is 0 Å². The number of carbonyl (C=O) groups is 2. The Morgan fingerprint density at radius 2 is 1.50 bits per heavy atom. The number of halogens is 1. The van der Waals surface area contributed by atoms with Crippen molar-refractivity contribution >= 4 is 45.3 Å². The number of allylic oxidation sites excluding steroid dienone is 1. The van der Waals surface area contributed by atoms with E-state index in [1.165, 1.54) is 4.90 Å².